The van der Waals surface area contributed by atoms with E-state index in [-0.39, 0.29) is 5.41 Å². The molecule has 0 fully saturated rings. The number of aryl methyl sites for hydroxylation is 4. The van der Waals surface area contributed by atoms with Gasteiger partial charge in [-0.25, -0.2) is 0 Å². The maximum absolute atomic E-state index is 7.06. The lowest BCUT2D eigenvalue weighted by atomic mass is 9.86. The molecule has 0 bridgehead atoms. The molecule has 226 valence electrons. The average molecular weight is 621 g/mol. The summed E-state index contributed by atoms with van der Waals surface area (Å²) in [6.45, 7) is 17.3. The lowest BCUT2D eigenvalue weighted by Crippen LogP contribution is -2.15. The van der Waals surface area contributed by atoms with Crippen LogP contribution in [0.2, 0.25) is 0 Å². The van der Waals surface area contributed by atoms with Crippen LogP contribution in [0, 0.1) is 27.7 Å². The van der Waals surface area contributed by atoms with Crippen molar-refractivity contribution in [1.29, 1.82) is 0 Å². The highest BCUT2D eigenvalue weighted by atomic mass is 31.2. The lowest BCUT2D eigenvalue weighted by Gasteiger charge is -2.27. The summed E-state index contributed by atoms with van der Waals surface area (Å²) < 4.78 is 20.7. The first kappa shape index (κ1) is 31.8. The van der Waals surface area contributed by atoms with Crippen molar-refractivity contribution in [1.82, 2.24) is 0 Å². The monoisotopic (exact) mass is 620 g/mol. The molecule has 5 rings (SSSR count). The van der Waals surface area contributed by atoms with E-state index in [2.05, 4.69) is 128 Å². The number of hydrogen-bond donors (Lipinski definition) is 0. The zero-order valence-electron chi connectivity index (χ0n) is 27.0. The third-order valence-corrected chi connectivity index (χ3v) is 10.4. The van der Waals surface area contributed by atoms with Crippen molar-refractivity contribution in [3.8, 4) is 28.4 Å². The van der Waals surface area contributed by atoms with Crippen molar-refractivity contribution in [3.63, 3.8) is 0 Å². The molecule has 0 aromatic heterocycles. The smallest absolute Gasteiger partial charge is 0.326 e. The van der Waals surface area contributed by atoms with Gasteiger partial charge in [-0.15, -0.1) is 0 Å². The largest absolute Gasteiger partial charge is 0.469 e. The molecule has 0 saturated carbocycles. The van der Waals surface area contributed by atoms with Gasteiger partial charge in [-0.3, -0.25) is 0 Å². The minimum Gasteiger partial charge on any atom is -0.469 e. The molecule has 0 amide bonds. The highest BCUT2D eigenvalue weighted by Crippen LogP contribution is 2.50. The summed E-state index contributed by atoms with van der Waals surface area (Å²) in [5.41, 5.74) is 7.62. The van der Waals surface area contributed by atoms with E-state index >= 15 is 0 Å². The SMILES string of the molecule is Cc1cc(C)c(OP(C)c2ccccc2)c(-c2cc(C)cc(C)c2OP(Oc2ccccc2C(C)(C)C)c2ccccc2)c1. The van der Waals surface area contributed by atoms with Gasteiger partial charge in [0.05, 0.1) is 5.30 Å². The third kappa shape index (κ3) is 7.35. The number of rotatable bonds is 9. The Morgan fingerprint density at radius 3 is 1.55 bits per heavy atom. The second-order valence-corrected chi connectivity index (χ2v) is 15.5. The van der Waals surface area contributed by atoms with E-state index in [0.29, 0.717) is 0 Å². The predicted octanol–water partition coefficient (Wildman–Crippen LogP) is 10.7. The highest BCUT2D eigenvalue weighted by Gasteiger charge is 2.27. The van der Waals surface area contributed by atoms with Gasteiger partial charge < -0.3 is 13.6 Å². The molecule has 0 aliphatic rings. The predicted molar refractivity (Wildman–Crippen MR) is 190 cm³/mol. The van der Waals surface area contributed by atoms with Crippen molar-refractivity contribution in [2.45, 2.75) is 53.9 Å². The Labute approximate surface area is 266 Å². The maximum atomic E-state index is 7.06. The summed E-state index contributed by atoms with van der Waals surface area (Å²) in [5, 5.41) is 2.21. The topological polar surface area (TPSA) is 27.7 Å². The Hall–Kier alpha value is -3.64. The molecule has 0 saturated heterocycles. The molecule has 3 nitrogen and oxygen atoms in total. The molecular weight excluding hydrogens is 578 g/mol. The molecule has 0 spiro atoms. The fraction of sp³-hybridized carbons (Fsp3) is 0.231. The standard InChI is InChI=1S/C39H42O3P2/c1-27-23-29(3)37(41-43(8)31-17-11-9-12-18-31)33(25-27)34-26-28(2)24-30(4)38(34)42-44(32-19-13-10-14-20-32)40-36-22-16-15-21-35(36)39(5,6)7/h9-26H,1-8H3. The van der Waals surface area contributed by atoms with Gasteiger partial charge in [0.1, 0.15) is 25.4 Å². The van der Waals surface area contributed by atoms with Gasteiger partial charge in [-0.05, 0) is 97.9 Å². The van der Waals surface area contributed by atoms with E-state index in [1.165, 1.54) is 16.4 Å². The minimum absolute atomic E-state index is 0.0815. The maximum Gasteiger partial charge on any atom is 0.326 e. The molecule has 0 aliphatic carbocycles. The summed E-state index contributed by atoms with van der Waals surface area (Å²) in [7, 11) is -2.39. The van der Waals surface area contributed by atoms with Crippen LogP contribution in [-0.2, 0) is 5.41 Å². The summed E-state index contributed by atoms with van der Waals surface area (Å²) in [6, 6.07) is 37.8. The van der Waals surface area contributed by atoms with Crippen LogP contribution in [0.25, 0.3) is 11.1 Å². The van der Waals surface area contributed by atoms with Crippen molar-refractivity contribution in [3.05, 3.63) is 137 Å². The zero-order valence-corrected chi connectivity index (χ0v) is 28.8. The van der Waals surface area contributed by atoms with Crippen molar-refractivity contribution < 1.29 is 13.6 Å². The van der Waals surface area contributed by atoms with E-state index < -0.39 is 16.5 Å². The van der Waals surface area contributed by atoms with Crippen molar-refractivity contribution >= 4 is 27.1 Å². The second-order valence-electron chi connectivity index (χ2n) is 12.4. The molecule has 5 aromatic carbocycles. The molecule has 5 heteroatoms. The van der Waals surface area contributed by atoms with Crippen molar-refractivity contribution in [2.24, 2.45) is 0 Å². The molecule has 2 unspecified atom stereocenters. The molecule has 2 atom stereocenters. The summed E-state index contributed by atoms with van der Waals surface area (Å²) in [5.74, 6) is 2.55. The minimum atomic E-state index is -1.52. The highest BCUT2D eigenvalue weighted by molar-refractivity contribution is 7.60. The summed E-state index contributed by atoms with van der Waals surface area (Å²) in [4.78, 5) is 0. The third-order valence-electron chi connectivity index (χ3n) is 7.49. The Bertz CT molecular complexity index is 1730. The fourth-order valence-corrected chi connectivity index (χ4v) is 8.01. The molecule has 0 aliphatic heterocycles. The number of para-hydroxylation sites is 1. The summed E-state index contributed by atoms with van der Waals surface area (Å²) in [6.07, 6.45) is 0. The van der Waals surface area contributed by atoms with E-state index in [1.807, 2.05) is 36.4 Å². The number of benzene rings is 5. The van der Waals surface area contributed by atoms with E-state index in [0.717, 1.165) is 50.4 Å². The molecule has 44 heavy (non-hydrogen) atoms. The van der Waals surface area contributed by atoms with Gasteiger partial charge in [0, 0.05) is 16.4 Å². The first-order chi connectivity index (χ1) is 21.0. The quantitative estimate of drug-likeness (QED) is 0.154. The first-order valence-corrected chi connectivity index (χ1v) is 17.9. The number of hydrogen-bond acceptors (Lipinski definition) is 3. The van der Waals surface area contributed by atoms with Crippen LogP contribution in [0.3, 0.4) is 0 Å². The Morgan fingerprint density at radius 1 is 0.523 bits per heavy atom. The molecule has 5 aromatic rings. The van der Waals surface area contributed by atoms with Gasteiger partial charge in [-0.1, -0.05) is 99.6 Å². The van der Waals surface area contributed by atoms with Crippen molar-refractivity contribution in [2.75, 3.05) is 6.66 Å². The normalized spacial score (nSPS) is 12.8. The van der Waals surface area contributed by atoms with Gasteiger partial charge >= 0.3 is 8.38 Å². The molecular formula is C39H42O3P2. The van der Waals surface area contributed by atoms with Gasteiger partial charge in [-0.2, -0.15) is 0 Å². The van der Waals surface area contributed by atoms with Gasteiger partial charge in [0.15, 0.2) is 0 Å². The van der Waals surface area contributed by atoms with Crippen LogP contribution >= 0.6 is 16.5 Å². The van der Waals surface area contributed by atoms with E-state index in [1.54, 1.807) is 0 Å². The van der Waals surface area contributed by atoms with Crippen LogP contribution in [0.1, 0.15) is 48.6 Å². The molecule has 0 N–H and O–H groups in total. The zero-order chi connectivity index (χ0) is 31.4. The van der Waals surface area contributed by atoms with E-state index in [4.69, 9.17) is 13.6 Å². The average Bonchev–Trinajstić information content (AvgIpc) is 2.99. The van der Waals surface area contributed by atoms with Crippen LogP contribution < -0.4 is 24.2 Å². The second kappa shape index (κ2) is 13.6. The van der Waals surface area contributed by atoms with Crippen LogP contribution in [0.15, 0.2) is 109 Å². The lowest BCUT2D eigenvalue weighted by molar-refractivity contribution is 0.481. The summed E-state index contributed by atoms with van der Waals surface area (Å²) >= 11 is 0. The van der Waals surface area contributed by atoms with Crippen LogP contribution in [-0.4, -0.2) is 6.66 Å². The fourth-order valence-electron chi connectivity index (χ4n) is 5.39. The van der Waals surface area contributed by atoms with Crippen LogP contribution in [0.4, 0.5) is 0 Å². The van der Waals surface area contributed by atoms with Gasteiger partial charge in [0.25, 0.3) is 0 Å². The molecule has 0 heterocycles. The first-order valence-electron chi connectivity index (χ1n) is 15.0. The van der Waals surface area contributed by atoms with Crippen LogP contribution in [0.5, 0.6) is 17.2 Å². The Kier molecular flexibility index (Phi) is 9.79. The van der Waals surface area contributed by atoms with Gasteiger partial charge in [0.2, 0.25) is 0 Å². The molecule has 0 radical (unpaired) electrons. The Morgan fingerprint density at radius 2 is 1.00 bits per heavy atom. The van der Waals surface area contributed by atoms with E-state index in [9.17, 15) is 0 Å². The Balaban J connectivity index is 1.63.